The Hall–Kier alpha value is -1.72. The van der Waals surface area contributed by atoms with Gasteiger partial charge in [-0.25, -0.2) is 0 Å². The zero-order valence-corrected chi connectivity index (χ0v) is 10.8. The van der Waals surface area contributed by atoms with Gasteiger partial charge in [0.15, 0.2) is 5.69 Å². The van der Waals surface area contributed by atoms with Crippen molar-refractivity contribution in [1.82, 2.24) is 20.3 Å². The van der Waals surface area contributed by atoms with Crippen LogP contribution in [0.5, 0.6) is 0 Å². The molecule has 1 saturated heterocycles. The monoisotopic (exact) mass is 262 g/mol. The van der Waals surface area contributed by atoms with E-state index in [-0.39, 0.29) is 17.9 Å². The SMILES string of the molecule is O=C1CCCC1C1CCCCN1C(=O)c1cn[nH]n1. The van der Waals surface area contributed by atoms with Crippen molar-refractivity contribution in [3.8, 4) is 0 Å². The number of piperidine rings is 1. The molecule has 19 heavy (non-hydrogen) atoms. The number of rotatable bonds is 2. The number of nitrogens with one attached hydrogen (secondary N) is 1. The summed E-state index contributed by atoms with van der Waals surface area (Å²) >= 11 is 0. The Bertz CT molecular complexity index is 471. The van der Waals surface area contributed by atoms with Gasteiger partial charge in [-0.3, -0.25) is 9.59 Å². The number of hydrogen-bond acceptors (Lipinski definition) is 4. The molecule has 1 amide bonds. The lowest BCUT2D eigenvalue weighted by Gasteiger charge is -2.38. The molecule has 1 aliphatic carbocycles. The van der Waals surface area contributed by atoms with E-state index in [4.69, 9.17) is 0 Å². The Kier molecular flexibility index (Phi) is 3.31. The number of carbonyl (C=O) groups is 2. The Balaban J connectivity index is 1.81. The molecule has 1 aromatic heterocycles. The van der Waals surface area contributed by atoms with Crippen molar-refractivity contribution in [1.29, 1.82) is 0 Å². The third-order valence-corrected chi connectivity index (χ3v) is 4.26. The van der Waals surface area contributed by atoms with Crippen LogP contribution >= 0.6 is 0 Å². The van der Waals surface area contributed by atoms with Crippen LogP contribution < -0.4 is 0 Å². The second kappa shape index (κ2) is 5.11. The third-order valence-electron chi connectivity index (χ3n) is 4.26. The van der Waals surface area contributed by atoms with Crippen LogP contribution in [0.4, 0.5) is 0 Å². The molecule has 6 nitrogen and oxygen atoms in total. The molecule has 1 N–H and O–H groups in total. The molecule has 2 atom stereocenters. The van der Waals surface area contributed by atoms with Gasteiger partial charge >= 0.3 is 0 Å². The predicted molar refractivity (Wildman–Crippen MR) is 67.4 cm³/mol. The van der Waals surface area contributed by atoms with Gasteiger partial charge in [0.1, 0.15) is 5.78 Å². The number of hydrogen-bond donors (Lipinski definition) is 1. The second-order valence-electron chi connectivity index (χ2n) is 5.38. The van der Waals surface area contributed by atoms with Crippen molar-refractivity contribution in [2.24, 2.45) is 5.92 Å². The normalized spacial score (nSPS) is 27.8. The van der Waals surface area contributed by atoms with Crippen molar-refractivity contribution in [2.45, 2.75) is 44.6 Å². The summed E-state index contributed by atoms with van der Waals surface area (Å²) in [5, 5.41) is 10.0. The van der Waals surface area contributed by atoms with Gasteiger partial charge in [-0.15, -0.1) is 0 Å². The van der Waals surface area contributed by atoms with Crippen molar-refractivity contribution < 1.29 is 9.59 Å². The lowest BCUT2D eigenvalue weighted by molar-refractivity contribution is -0.122. The van der Waals surface area contributed by atoms with E-state index in [1.165, 1.54) is 6.20 Å². The van der Waals surface area contributed by atoms with Crippen molar-refractivity contribution in [3.05, 3.63) is 11.9 Å². The van der Waals surface area contributed by atoms with Crippen LogP contribution in [0.1, 0.15) is 49.0 Å². The quantitative estimate of drug-likeness (QED) is 0.867. The highest BCUT2D eigenvalue weighted by molar-refractivity contribution is 5.93. The van der Waals surface area contributed by atoms with Gasteiger partial charge < -0.3 is 4.90 Å². The highest BCUT2D eigenvalue weighted by Gasteiger charge is 2.39. The van der Waals surface area contributed by atoms with E-state index in [1.807, 2.05) is 4.90 Å². The van der Waals surface area contributed by atoms with Gasteiger partial charge in [0.25, 0.3) is 5.91 Å². The van der Waals surface area contributed by atoms with E-state index in [1.54, 1.807) is 0 Å². The number of aromatic nitrogens is 3. The van der Waals surface area contributed by atoms with Crippen molar-refractivity contribution in [3.63, 3.8) is 0 Å². The fourth-order valence-electron chi connectivity index (χ4n) is 3.33. The van der Waals surface area contributed by atoms with E-state index in [0.29, 0.717) is 17.9 Å². The molecule has 3 rings (SSSR count). The van der Waals surface area contributed by atoms with Crippen molar-refractivity contribution in [2.75, 3.05) is 6.54 Å². The average molecular weight is 262 g/mol. The standard InChI is InChI=1S/C13H18N4O2/c18-12-6-3-4-9(12)11-5-1-2-7-17(11)13(19)10-8-14-16-15-10/h8-9,11H,1-7H2,(H,14,15,16). The van der Waals surface area contributed by atoms with Gasteiger partial charge in [0, 0.05) is 24.9 Å². The van der Waals surface area contributed by atoms with Crippen LogP contribution in [-0.4, -0.2) is 44.6 Å². The summed E-state index contributed by atoms with van der Waals surface area (Å²) in [5.74, 6) is 0.263. The van der Waals surface area contributed by atoms with Crippen LogP contribution in [0, 0.1) is 5.92 Å². The van der Waals surface area contributed by atoms with E-state index >= 15 is 0 Å². The Morgan fingerprint density at radius 3 is 2.89 bits per heavy atom. The van der Waals surface area contributed by atoms with Crippen LogP contribution in [0.2, 0.25) is 0 Å². The summed E-state index contributed by atoms with van der Waals surface area (Å²) in [6.07, 6.45) is 7.04. The molecular weight excluding hydrogens is 244 g/mol. The minimum absolute atomic E-state index is 0.0381. The summed E-state index contributed by atoms with van der Waals surface area (Å²) in [5.41, 5.74) is 0.345. The molecule has 6 heteroatoms. The average Bonchev–Trinajstić information content (AvgIpc) is 3.09. The Morgan fingerprint density at radius 2 is 2.21 bits per heavy atom. The Morgan fingerprint density at radius 1 is 1.32 bits per heavy atom. The predicted octanol–water partition coefficient (Wildman–Crippen LogP) is 1.17. The highest BCUT2D eigenvalue weighted by Crippen LogP contribution is 2.33. The van der Waals surface area contributed by atoms with Gasteiger partial charge in [-0.1, -0.05) is 0 Å². The van der Waals surface area contributed by atoms with Crippen LogP contribution in [0.3, 0.4) is 0 Å². The number of likely N-dealkylation sites (tertiary alicyclic amines) is 1. The topological polar surface area (TPSA) is 79.0 Å². The lowest BCUT2D eigenvalue weighted by Crippen LogP contribution is -2.48. The maximum Gasteiger partial charge on any atom is 0.276 e. The van der Waals surface area contributed by atoms with E-state index in [2.05, 4.69) is 15.4 Å². The number of amides is 1. The molecule has 1 aromatic rings. The van der Waals surface area contributed by atoms with E-state index in [0.717, 1.165) is 38.6 Å². The highest BCUT2D eigenvalue weighted by atomic mass is 16.2. The minimum Gasteiger partial charge on any atom is -0.333 e. The van der Waals surface area contributed by atoms with Crippen LogP contribution in [0.15, 0.2) is 6.20 Å². The molecule has 0 aromatic carbocycles. The zero-order valence-electron chi connectivity index (χ0n) is 10.8. The summed E-state index contributed by atoms with van der Waals surface area (Å²) in [6.45, 7) is 0.722. The molecule has 1 aliphatic heterocycles. The van der Waals surface area contributed by atoms with Crippen LogP contribution in [-0.2, 0) is 4.79 Å². The molecule has 2 fully saturated rings. The van der Waals surface area contributed by atoms with Crippen LogP contribution in [0.25, 0.3) is 0 Å². The summed E-state index contributed by atoms with van der Waals surface area (Å²) in [7, 11) is 0. The first-order valence-corrected chi connectivity index (χ1v) is 6.97. The molecule has 102 valence electrons. The maximum absolute atomic E-state index is 12.4. The number of aromatic amines is 1. The Labute approximate surface area is 111 Å². The summed E-state index contributed by atoms with van der Waals surface area (Å²) in [4.78, 5) is 26.2. The molecular formula is C13H18N4O2. The van der Waals surface area contributed by atoms with E-state index < -0.39 is 0 Å². The second-order valence-corrected chi connectivity index (χ2v) is 5.38. The largest absolute Gasteiger partial charge is 0.333 e. The fourth-order valence-corrected chi connectivity index (χ4v) is 3.33. The molecule has 2 unspecified atom stereocenters. The summed E-state index contributed by atoms with van der Waals surface area (Å²) < 4.78 is 0. The molecule has 0 spiro atoms. The smallest absolute Gasteiger partial charge is 0.276 e. The lowest BCUT2D eigenvalue weighted by atomic mass is 9.88. The molecule has 0 radical (unpaired) electrons. The van der Waals surface area contributed by atoms with Crippen molar-refractivity contribution >= 4 is 11.7 Å². The van der Waals surface area contributed by atoms with Gasteiger partial charge in [0.05, 0.1) is 6.20 Å². The first-order valence-electron chi connectivity index (χ1n) is 6.97. The number of carbonyl (C=O) groups excluding carboxylic acids is 2. The molecule has 2 aliphatic rings. The number of nitrogens with zero attached hydrogens (tertiary/aromatic N) is 3. The van der Waals surface area contributed by atoms with Gasteiger partial charge in [0.2, 0.25) is 0 Å². The summed E-state index contributed by atoms with van der Waals surface area (Å²) in [6, 6.07) is 0.0629. The van der Waals surface area contributed by atoms with Gasteiger partial charge in [-0.2, -0.15) is 15.4 Å². The van der Waals surface area contributed by atoms with Gasteiger partial charge in [-0.05, 0) is 32.1 Å². The number of Topliss-reactive ketones (excluding diaryl/α,β-unsaturated/α-hetero) is 1. The fraction of sp³-hybridized carbons (Fsp3) is 0.692. The first kappa shape index (κ1) is 12.3. The molecule has 0 bridgehead atoms. The third kappa shape index (κ3) is 2.27. The molecule has 1 saturated carbocycles. The first-order chi connectivity index (χ1) is 9.27. The molecule has 2 heterocycles. The number of ketones is 1. The zero-order chi connectivity index (χ0) is 13.2. The minimum atomic E-state index is -0.0989. The van der Waals surface area contributed by atoms with E-state index in [9.17, 15) is 9.59 Å². The maximum atomic E-state index is 12.4. The number of H-pyrrole nitrogens is 1.